The van der Waals surface area contributed by atoms with Crippen molar-refractivity contribution in [2.75, 3.05) is 32.1 Å². The van der Waals surface area contributed by atoms with Crippen molar-refractivity contribution in [1.29, 1.82) is 0 Å². The van der Waals surface area contributed by atoms with Crippen molar-refractivity contribution in [3.63, 3.8) is 0 Å². The number of hydrogen-bond acceptors (Lipinski definition) is 3. The fraction of sp³-hybridized carbons (Fsp3) is 0.632. The molecular weight excluding hydrogens is 461 g/mol. The van der Waals surface area contributed by atoms with Crippen LogP contribution in [0, 0.1) is 12.3 Å². The first-order valence-electron chi connectivity index (χ1n) is 8.75. The zero-order valence-electron chi connectivity index (χ0n) is 16.9. The largest absolute Gasteiger partial charge is 0.357 e. The highest BCUT2D eigenvalue weighted by Crippen LogP contribution is 2.21. The van der Waals surface area contributed by atoms with Crippen LogP contribution in [0.2, 0.25) is 0 Å². The Morgan fingerprint density at radius 2 is 1.81 bits per heavy atom. The van der Waals surface area contributed by atoms with E-state index in [4.69, 9.17) is 4.99 Å². The van der Waals surface area contributed by atoms with E-state index in [1.165, 1.54) is 17.4 Å². The van der Waals surface area contributed by atoms with Gasteiger partial charge < -0.3 is 10.2 Å². The van der Waals surface area contributed by atoms with Crippen molar-refractivity contribution in [3.05, 3.63) is 35.4 Å². The van der Waals surface area contributed by atoms with Gasteiger partial charge in [0.25, 0.3) is 0 Å². The van der Waals surface area contributed by atoms with E-state index >= 15 is 0 Å². The van der Waals surface area contributed by atoms with Crippen LogP contribution >= 0.6 is 24.0 Å². The normalized spacial score (nSPS) is 12.5. The molecule has 0 saturated carbocycles. The van der Waals surface area contributed by atoms with Gasteiger partial charge >= 0.3 is 0 Å². The average molecular weight is 495 g/mol. The second-order valence-corrected chi connectivity index (χ2v) is 9.82. The molecule has 7 heteroatoms. The van der Waals surface area contributed by atoms with E-state index in [2.05, 4.69) is 55.3 Å². The summed E-state index contributed by atoms with van der Waals surface area (Å²) in [5.41, 5.74) is 2.32. The van der Waals surface area contributed by atoms with Gasteiger partial charge in [-0.15, -0.1) is 24.0 Å². The highest BCUT2D eigenvalue weighted by atomic mass is 127. The van der Waals surface area contributed by atoms with Crippen LogP contribution in [0.25, 0.3) is 0 Å². The second kappa shape index (κ2) is 11.1. The molecule has 0 heterocycles. The molecule has 5 nitrogen and oxygen atoms in total. The Kier molecular flexibility index (Phi) is 10.8. The van der Waals surface area contributed by atoms with Crippen molar-refractivity contribution in [3.8, 4) is 0 Å². The lowest BCUT2D eigenvalue weighted by molar-refractivity contribution is 0.361. The minimum atomic E-state index is -2.94. The highest BCUT2D eigenvalue weighted by molar-refractivity contribution is 14.0. The first kappa shape index (κ1) is 25.2. The molecule has 0 atom stereocenters. The number of aryl methyl sites for hydroxylation is 1. The molecule has 0 amide bonds. The summed E-state index contributed by atoms with van der Waals surface area (Å²) < 4.78 is 22.8. The number of halogens is 1. The van der Waals surface area contributed by atoms with Crippen molar-refractivity contribution in [1.82, 2.24) is 10.2 Å². The van der Waals surface area contributed by atoms with Gasteiger partial charge in [0.1, 0.15) is 9.84 Å². The smallest absolute Gasteiger partial charge is 0.193 e. The Bertz CT molecular complexity index is 671. The van der Waals surface area contributed by atoms with Crippen molar-refractivity contribution in [2.45, 2.75) is 40.7 Å². The topological polar surface area (TPSA) is 61.8 Å². The predicted molar refractivity (Wildman–Crippen MR) is 122 cm³/mol. The summed E-state index contributed by atoms with van der Waals surface area (Å²) in [6.45, 7) is 10.4. The Labute approximate surface area is 176 Å². The van der Waals surface area contributed by atoms with Gasteiger partial charge in [-0.3, -0.25) is 4.99 Å². The molecule has 1 aromatic carbocycles. The van der Waals surface area contributed by atoms with E-state index < -0.39 is 9.84 Å². The predicted octanol–water partition coefficient (Wildman–Crippen LogP) is 3.47. The third kappa shape index (κ3) is 10.4. The van der Waals surface area contributed by atoms with Crippen LogP contribution in [-0.4, -0.2) is 51.4 Å². The zero-order chi connectivity index (χ0) is 19.1. The van der Waals surface area contributed by atoms with Gasteiger partial charge in [0.05, 0.1) is 5.75 Å². The number of nitrogens with one attached hydrogen (secondary N) is 1. The van der Waals surface area contributed by atoms with Crippen molar-refractivity contribution < 1.29 is 8.42 Å². The van der Waals surface area contributed by atoms with Crippen LogP contribution in [0.4, 0.5) is 0 Å². The van der Waals surface area contributed by atoms with E-state index in [-0.39, 0.29) is 35.1 Å². The summed E-state index contributed by atoms with van der Waals surface area (Å²) in [5.74, 6) is 1.04. The fourth-order valence-electron chi connectivity index (χ4n) is 2.34. The summed E-state index contributed by atoms with van der Waals surface area (Å²) >= 11 is 0. The molecule has 1 rings (SSSR count). The van der Waals surface area contributed by atoms with Gasteiger partial charge in [-0.2, -0.15) is 0 Å². The molecule has 0 aromatic heterocycles. The van der Waals surface area contributed by atoms with Crippen molar-refractivity contribution in [2.24, 2.45) is 10.4 Å². The maximum Gasteiger partial charge on any atom is 0.193 e. The summed E-state index contributed by atoms with van der Waals surface area (Å²) in [4.78, 5) is 6.83. The third-order valence-corrected chi connectivity index (χ3v) is 4.99. The van der Waals surface area contributed by atoms with Gasteiger partial charge in [-0.1, -0.05) is 43.7 Å². The molecule has 0 bridgehead atoms. The number of guanidine groups is 1. The first-order chi connectivity index (χ1) is 11.5. The quantitative estimate of drug-likeness (QED) is 0.341. The number of rotatable bonds is 8. The lowest BCUT2D eigenvalue weighted by Crippen LogP contribution is -2.39. The van der Waals surface area contributed by atoms with Gasteiger partial charge in [0, 0.05) is 32.9 Å². The maximum atomic E-state index is 11.4. The van der Waals surface area contributed by atoms with Crippen LogP contribution in [0.15, 0.2) is 29.3 Å². The summed E-state index contributed by atoms with van der Waals surface area (Å²) in [6, 6.07) is 8.49. The SMILES string of the molecule is CCNC(=NCC(C)(C)CCS(C)(=O)=O)N(C)Cc1ccc(C)cc1.I. The Balaban J connectivity index is 0.00000625. The molecule has 0 aliphatic heterocycles. The first-order valence-corrected chi connectivity index (χ1v) is 10.8. The zero-order valence-corrected chi connectivity index (χ0v) is 20.0. The number of hydrogen-bond donors (Lipinski definition) is 1. The molecule has 0 aliphatic carbocycles. The summed E-state index contributed by atoms with van der Waals surface area (Å²) in [6.07, 6.45) is 1.89. The van der Waals surface area contributed by atoms with E-state index in [9.17, 15) is 8.42 Å². The molecule has 0 fully saturated rings. The molecule has 26 heavy (non-hydrogen) atoms. The van der Waals surface area contributed by atoms with E-state index in [1.54, 1.807) is 0 Å². The Morgan fingerprint density at radius 1 is 1.23 bits per heavy atom. The standard InChI is InChI=1S/C19H33N3O2S.HI/c1-7-20-18(21-15-19(3,4)12-13-25(6,23)24)22(5)14-17-10-8-16(2)9-11-17;/h8-11H,7,12-15H2,1-6H3,(H,20,21);1H. The lowest BCUT2D eigenvalue weighted by atomic mass is 9.90. The minimum Gasteiger partial charge on any atom is -0.357 e. The van der Waals surface area contributed by atoms with Gasteiger partial charge in [-0.05, 0) is 31.2 Å². The number of nitrogens with zero attached hydrogens (tertiary/aromatic N) is 2. The molecule has 150 valence electrons. The minimum absolute atomic E-state index is 0. The molecular formula is C19H34IN3O2S. The van der Waals surface area contributed by atoms with Gasteiger partial charge in [0.15, 0.2) is 5.96 Å². The highest BCUT2D eigenvalue weighted by Gasteiger charge is 2.20. The monoisotopic (exact) mass is 495 g/mol. The lowest BCUT2D eigenvalue weighted by Gasteiger charge is -2.26. The number of benzene rings is 1. The van der Waals surface area contributed by atoms with E-state index in [0.717, 1.165) is 19.0 Å². The summed E-state index contributed by atoms with van der Waals surface area (Å²) in [7, 11) is -0.922. The van der Waals surface area contributed by atoms with Gasteiger partial charge in [0.2, 0.25) is 0 Å². The van der Waals surface area contributed by atoms with Crippen LogP contribution in [0.3, 0.4) is 0 Å². The van der Waals surface area contributed by atoms with E-state index in [1.807, 2.05) is 14.0 Å². The molecule has 0 radical (unpaired) electrons. The molecule has 1 N–H and O–H groups in total. The fourth-order valence-corrected chi connectivity index (χ4v) is 3.26. The molecule has 0 unspecified atom stereocenters. The summed E-state index contributed by atoms with van der Waals surface area (Å²) in [5, 5.41) is 3.32. The maximum absolute atomic E-state index is 11.4. The number of aliphatic imine (C=N–C) groups is 1. The van der Waals surface area contributed by atoms with Crippen molar-refractivity contribution >= 4 is 39.8 Å². The molecule has 0 aliphatic rings. The third-order valence-electron chi connectivity index (χ3n) is 4.04. The molecule has 1 aromatic rings. The number of sulfone groups is 1. The van der Waals surface area contributed by atoms with Crippen LogP contribution in [0.5, 0.6) is 0 Å². The van der Waals surface area contributed by atoms with Crippen LogP contribution in [0.1, 0.15) is 38.3 Å². The molecule has 0 spiro atoms. The average Bonchev–Trinajstić information content (AvgIpc) is 2.51. The Morgan fingerprint density at radius 3 is 2.31 bits per heavy atom. The van der Waals surface area contributed by atoms with Crippen LogP contribution < -0.4 is 5.32 Å². The van der Waals surface area contributed by atoms with Crippen LogP contribution in [-0.2, 0) is 16.4 Å². The van der Waals surface area contributed by atoms with Gasteiger partial charge in [-0.25, -0.2) is 8.42 Å². The van der Waals surface area contributed by atoms with E-state index in [0.29, 0.717) is 13.0 Å². The Hall–Kier alpha value is -0.830. The molecule has 0 saturated heterocycles. The second-order valence-electron chi connectivity index (χ2n) is 7.56.